The standard InChI is InChI=1S/C9H11F2NS/c10-9(11)7-3-6(4-13-7)8(12)5-1-2-5/h3-5,8-9H,1-2,12H2/t8-/m1/s1. The Morgan fingerprint density at radius 3 is 2.62 bits per heavy atom. The lowest BCUT2D eigenvalue weighted by Crippen LogP contribution is -2.10. The molecule has 1 aliphatic rings. The molecule has 0 unspecified atom stereocenters. The van der Waals surface area contributed by atoms with Crippen molar-refractivity contribution < 1.29 is 8.78 Å². The Morgan fingerprint density at radius 2 is 2.15 bits per heavy atom. The minimum atomic E-state index is -2.36. The van der Waals surface area contributed by atoms with Crippen molar-refractivity contribution in [1.29, 1.82) is 0 Å². The van der Waals surface area contributed by atoms with Crippen molar-refractivity contribution in [2.75, 3.05) is 0 Å². The predicted molar refractivity (Wildman–Crippen MR) is 48.9 cm³/mol. The van der Waals surface area contributed by atoms with Crippen LogP contribution in [0.2, 0.25) is 0 Å². The van der Waals surface area contributed by atoms with Crippen molar-refractivity contribution in [1.82, 2.24) is 0 Å². The average molecular weight is 203 g/mol. The summed E-state index contributed by atoms with van der Waals surface area (Å²) in [7, 11) is 0. The number of hydrogen-bond acceptors (Lipinski definition) is 2. The largest absolute Gasteiger partial charge is 0.324 e. The molecule has 0 aromatic carbocycles. The normalized spacial score (nSPS) is 19.4. The molecule has 72 valence electrons. The van der Waals surface area contributed by atoms with E-state index in [0.29, 0.717) is 5.92 Å². The van der Waals surface area contributed by atoms with Crippen LogP contribution in [0.1, 0.15) is 35.7 Å². The Hall–Kier alpha value is -0.480. The summed E-state index contributed by atoms with van der Waals surface area (Å²) in [4.78, 5) is 0.131. The van der Waals surface area contributed by atoms with Crippen LogP contribution < -0.4 is 5.73 Å². The summed E-state index contributed by atoms with van der Waals surface area (Å²) in [5, 5.41) is 1.75. The van der Waals surface area contributed by atoms with Gasteiger partial charge in [-0.15, -0.1) is 11.3 Å². The van der Waals surface area contributed by atoms with Crippen molar-refractivity contribution in [3.05, 3.63) is 21.9 Å². The molecule has 1 aliphatic carbocycles. The first kappa shape index (κ1) is 9.09. The van der Waals surface area contributed by atoms with Crippen molar-refractivity contribution in [2.45, 2.75) is 25.3 Å². The first-order valence-electron chi connectivity index (χ1n) is 4.30. The number of thiophene rings is 1. The Labute approximate surface area is 79.6 Å². The van der Waals surface area contributed by atoms with E-state index in [0.717, 1.165) is 29.7 Å². The average Bonchev–Trinajstić information content (AvgIpc) is 2.81. The molecule has 2 rings (SSSR count). The van der Waals surface area contributed by atoms with Crippen LogP contribution in [0.3, 0.4) is 0 Å². The van der Waals surface area contributed by atoms with E-state index in [4.69, 9.17) is 5.73 Å². The third-order valence-corrected chi connectivity index (χ3v) is 3.33. The molecule has 0 bridgehead atoms. The summed E-state index contributed by atoms with van der Waals surface area (Å²) in [6, 6.07) is 1.52. The summed E-state index contributed by atoms with van der Waals surface area (Å²) in [6.07, 6.45) is -0.0765. The fourth-order valence-electron chi connectivity index (χ4n) is 1.39. The van der Waals surface area contributed by atoms with Crippen LogP contribution in [0, 0.1) is 5.92 Å². The van der Waals surface area contributed by atoms with Gasteiger partial charge in [0.2, 0.25) is 0 Å². The molecule has 1 fully saturated rings. The lowest BCUT2D eigenvalue weighted by Gasteiger charge is -2.06. The van der Waals surface area contributed by atoms with Gasteiger partial charge in [-0.1, -0.05) is 0 Å². The molecule has 0 spiro atoms. The van der Waals surface area contributed by atoms with Gasteiger partial charge < -0.3 is 5.73 Å². The van der Waals surface area contributed by atoms with Crippen molar-refractivity contribution in [3.63, 3.8) is 0 Å². The van der Waals surface area contributed by atoms with Crippen LogP contribution in [0.5, 0.6) is 0 Å². The van der Waals surface area contributed by atoms with E-state index in [9.17, 15) is 8.78 Å². The fourth-order valence-corrected chi connectivity index (χ4v) is 2.19. The van der Waals surface area contributed by atoms with Gasteiger partial charge in [0.1, 0.15) is 0 Å². The molecular formula is C9H11F2NS. The van der Waals surface area contributed by atoms with Gasteiger partial charge in [0.05, 0.1) is 4.88 Å². The monoisotopic (exact) mass is 203 g/mol. The van der Waals surface area contributed by atoms with Gasteiger partial charge in [-0.05, 0) is 35.8 Å². The van der Waals surface area contributed by atoms with Crippen LogP contribution in [-0.2, 0) is 0 Å². The minimum absolute atomic E-state index is 0.0243. The molecule has 0 amide bonds. The summed E-state index contributed by atoms with van der Waals surface area (Å²) < 4.78 is 24.5. The van der Waals surface area contributed by atoms with Gasteiger partial charge in [0, 0.05) is 6.04 Å². The molecule has 13 heavy (non-hydrogen) atoms. The molecule has 0 saturated heterocycles. The molecule has 4 heteroatoms. The molecule has 1 atom stereocenters. The van der Waals surface area contributed by atoms with Crippen LogP contribution in [-0.4, -0.2) is 0 Å². The maximum Gasteiger partial charge on any atom is 0.272 e. The second-order valence-electron chi connectivity index (χ2n) is 3.45. The van der Waals surface area contributed by atoms with Crippen molar-refractivity contribution >= 4 is 11.3 Å². The van der Waals surface area contributed by atoms with E-state index in [-0.39, 0.29) is 10.9 Å². The van der Waals surface area contributed by atoms with Crippen LogP contribution in [0.25, 0.3) is 0 Å². The number of halogens is 2. The first-order chi connectivity index (χ1) is 6.18. The topological polar surface area (TPSA) is 26.0 Å². The lowest BCUT2D eigenvalue weighted by atomic mass is 10.1. The van der Waals surface area contributed by atoms with Gasteiger partial charge in [-0.25, -0.2) is 8.78 Å². The highest BCUT2D eigenvalue weighted by atomic mass is 32.1. The third-order valence-electron chi connectivity index (χ3n) is 2.37. The second kappa shape index (κ2) is 3.35. The van der Waals surface area contributed by atoms with Gasteiger partial charge in [-0.2, -0.15) is 0 Å². The smallest absolute Gasteiger partial charge is 0.272 e. The van der Waals surface area contributed by atoms with E-state index in [1.807, 2.05) is 0 Å². The second-order valence-corrected chi connectivity index (χ2v) is 4.39. The lowest BCUT2D eigenvalue weighted by molar-refractivity contribution is 0.155. The molecule has 1 saturated carbocycles. The zero-order chi connectivity index (χ0) is 9.42. The maximum absolute atomic E-state index is 12.2. The Balaban J connectivity index is 2.11. The van der Waals surface area contributed by atoms with E-state index in [1.54, 1.807) is 11.4 Å². The zero-order valence-electron chi connectivity index (χ0n) is 7.04. The summed E-state index contributed by atoms with van der Waals surface area (Å²) in [5.74, 6) is 0.528. The molecule has 1 aromatic heterocycles. The highest BCUT2D eigenvalue weighted by Crippen LogP contribution is 2.41. The number of nitrogens with two attached hydrogens (primary N) is 1. The zero-order valence-corrected chi connectivity index (χ0v) is 7.86. The van der Waals surface area contributed by atoms with Crippen molar-refractivity contribution in [3.8, 4) is 0 Å². The fraction of sp³-hybridized carbons (Fsp3) is 0.556. The molecular weight excluding hydrogens is 192 g/mol. The SMILES string of the molecule is N[C@@H](c1csc(C(F)F)c1)C1CC1. The number of alkyl halides is 2. The van der Waals surface area contributed by atoms with Gasteiger partial charge >= 0.3 is 0 Å². The minimum Gasteiger partial charge on any atom is -0.324 e. The van der Waals surface area contributed by atoms with E-state index in [2.05, 4.69) is 0 Å². The molecule has 1 aromatic rings. The Kier molecular flexibility index (Phi) is 2.34. The van der Waals surface area contributed by atoms with E-state index < -0.39 is 6.43 Å². The maximum atomic E-state index is 12.2. The summed E-state index contributed by atoms with van der Waals surface area (Å²) in [5.41, 5.74) is 6.75. The van der Waals surface area contributed by atoms with E-state index >= 15 is 0 Å². The van der Waals surface area contributed by atoms with E-state index in [1.165, 1.54) is 0 Å². The summed E-state index contributed by atoms with van der Waals surface area (Å²) >= 11 is 1.10. The first-order valence-corrected chi connectivity index (χ1v) is 5.18. The van der Waals surface area contributed by atoms with Gasteiger partial charge in [0.25, 0.3) is 6.43 Å². The predicted octanol–water partition coefficient (Wildman–Crippen LogP) is 3.10. The number of hydrogen-bond donors (Lipinski definition) is 1. The molecule has 2 N–H and O–H groups in total. The Bertz CT molecular complexity index is 294. The van der Waals surface area contributed by atoms with Crippen LogP contribution in [0.15, 0.2) is 11.4 Å². The molecule has 1 heterocycles. The molecule has 0 aliphatic heterocycles. The van der Waals surface area contributed by atoms with Gasteiger partial charge in [0.15, 0.2) is 0 Å². The Morgan fingerprint density at radius 1 is 1.46 bits per heavy atom. The molecule has 0 radical (unpaired) electrons. The van der Waals surface area contributed by atoms with Crippen LogP contribution >= 0.6 is 11.3 Å². The third kappa shape index (κ3) is 1.89. The quantitative estimate of drug-likeness (QED) is 0.802. The molecule has 1 nitrogen and oxygen atoms in total. The van der Waals surface area contributed by atoms with Crippen molar-refractivity contribution in [2.24, 2.45) is 11.7 Å². The summed E-state index contributed by atoms with van der Waals surface area (Å²) in [6.45, 7) is 0. The highest BCUT2D eigenvalue weighted by molar-refractivity contribution is 7.10. The number of rotatable bonds is 3. The van der Waals surface area contributed by atoms with Crippen LogP contribution in [0.4, 0.5) is 8.78 Å². The highest BCUT2D eigenvalue weighted by Gasteiger charge is 2.30. The van der Waals surface area contributed by atoms with Gasteiger partial charge in [-0.3, -0.25) is 0 Å².